The molecule has 0 unspecified atom stereocenters. The van der Waals surface area contributed by atoms with Crippen molar-refractivity contribution in [3.05, 3.63) is 59.6 Å². The smallest absolute Gasteiger partial charge is 0.322 e. The summed E-state index contributed by atoms with van der Waals surface area (Å²) in [6.45, 7) is 2.61. The molecular weight excluding hydrogens is 390 g/mol. The van der Waals surface area contributed by atoms with Gasteiger partial charge in [-0.2, -0.15) is 5.10 Å². The van der Waals surface area contributed by atoms with Crippen LogP contribution in [0.25, 0.3) is 11.3 Å². The van der Waals surface area contributed by atoms with Gasteiger partial charge in [0.05, 0.1) is 18.5 Å². The van der Waals surface area contributed by atoms with Crippen LogP contribution in [0.1, 0.15) is 0 Å². The summed E-state index contributed by atoms with van der Waals surface area (Å²) in [5, 5.41) is 11.0. The minimum absolute atomic E-state index is 0.169. The van der Waals surface area contributed by atoms with E-state index in [-0.39, 0.29) is 6.03 Å². The van der Waals surface area contributed by atoms with Crippen LogP contribution in [0.15, 0.2) is 54.6 Å². The molecule has 0 aliphatic carbocycles. The van der Waals surface area contributed by atoms with E-state index in [0.717, 1.165) is 17.1 Å². The highest BCUT2D eigenvalue weighted by Crippen LogP contribution is 2.28. The molecule has 2 N–H and O–H groups in total. The number of ether oxygens (including phenoxy) is 1. The molecule has 0 saturated carbocycles. The number of rotatable bonds is 4. The van der Waals surface area contributed by atoms with Crippen LogP contribution in [0.3, 0.4) is 0 Å². The first kappa shape index (κ1) is 19.1. The summed E-state index contributed by atoms with van der Waals surface area (Å²) in [6.07, 6.45) is 0. The first-order chi connectivity index (χ1) is 14.1. The summed E-state index contributed by atoms with van der Waals surface area (Å²) in [4.78, 5) is 16.6. The molecule has 7 nitrogen and oxygen atoms in total. The largest absolute Gasteiger partial charge is 0.495 e. The van der Waals surface area contributed by atoms with Crippen LogP contribution < -0.4 is 15.0 Å². The zero-order valence-corrected chi connectivity index (χ0v) is 16.8. The predicted octanol–water partition coefficient (Wildman–Crippen LogP) is 4.09. The number of piperazine rings is 1. The number of carbonyl (C=O) groups excluding carboxylic acids is 1. The molecule has 1 fully saturated rings. The predicted molar refractivity (Wildman–Crippen MR) is 115 cm³/mol. The summed E-state index contributed by atoms with van der Waals surface area (Å²) in [6, 6.07) is 17.1. The summed E-state index contributed by atoms with van der Waals surface area (Å²) in [7, 11) is 1.56. The Bertz CT molecular complexity index is 984. The number of benzene rings is 2. The van der Waals surface area contributed by atoms with E-state index in [1.165, 1.54) is 0 Å². The van der Waals surface area contributed by atoms with Gasteiger partial charge in [-0.15, -0.1) is 0 Å². The monoisotopic (exact) mass is 411 g/mol. The maximum atomic E-state index is 12.7. The number of aromatic amines is 1. The van der Waals surface area contributed by atoms with Gasteiger partial charge in [0.25, 0.3) is 0 Å². The molecule has 0 atom stereocenters. The molecule has 3 aromatic rings. The maximum absolute atomic E-state index is 12.7. The summed E-state index contributed by atoms with van der Waals surface area (Å²) >= 11 is 6.04. The van der Waals surface area contributed by atoms with E-state index < -0.39 is 0 Å². The minimum Gasteiger partial charge on any atom is -0.495 e. The Morgan fingerprint density at radius 3 is 2.59 bits per heavy atom. The first-order valence-corrected chi connectivity index (χ1v) is 9.77. The highest BCUT2D eigenvalue weighted by Gasteiger charge is 2.23. The summed E-state index contributed by atoms with van der Waals surface area (Å²) < 4.78 is 5.29. The molecular formula is C21H22ClN5O2. The van der Waals surface area contributed by atoms with E-state index in [2.05, 4.69) is 20.4 Å². The van der Waals surface area contributed by atoms with Crippen molar-refractivity contribution >= 4 is 29.1 Å². The second kappa shape index (κ2) is 8.45. The molecule has 0 radical (unpaired) electrons. The molecule has 1 saturated heterocycles. The van der Waals surface area contributed by atoms with Crippen molar-refractivity contribution in [3.63, 3.8) is 0 Å². The van der Waals surface area contributed by atoms with Gasteiger partial charge in [0.15, 0.2) is 5.82 Å². The highest BCUT2D eigenvalue weighted by molar-refractivity contribution is 6.31. The van der Waals surface area contributed by atoms with Crippen LogP contribution in [-0.2, 0) is 0 Å². The van der Waals surface area contributed by atoms with Gasteiger partial charge in [-0.3, -0.25) is 5.10 Å². The topological polar surface area (TPSA) is 73.5 Å². The molecule has 2 heterocycles. The minimum atomic E-state index is -0.169. The Morgan fingerprint density at radius 1 is 1.10 bits per heavy atom. The van der Waals surface area contributed by atoms with Crippen LogP contribution in [-0.4, -0.2) is 54.4 Å². The van der Waals surface area contributed by atoms with Crippen molar-refractivity contribution < 1.29 is 9.53 Å². The van der Waals surface area contributed by atoms with E-state index in [0.29, 0.717) is 42.6 Å². The van der Waals surface area contributed by atoms with Gasteiger partial charge >= 0.3 is 6.03 Å². The Kier molecular flexibility index (Phi) is 5.57. The fourth-order valence-electron chi connectivity index (χ4n) is 3.35. The zero-order valence-electron chi connectivity index (χ0n) is 16.1. The second-order valence-corrected chi connectivity index (χ2v) is 7.19. The van der Waals surface area contributed by atoms with Gasteiger partial charge < -0.3 is 19.9 Å². The first-order valence-electron chi connectivity index (χ1n) is 9.39. The number of nitrogens with zero attached hydrogens (tertiary/aromatic N) is 3. The van der Waals surface area contributed by atoms with Crippen molar-refractivity contribution in [1.29, 1.82) is 0 Å². The lowest BCUT2D eigenvalue weighted by molar-refractivity contribution is 0.208. The van der Waals surface area contributed by atoms with Gasteiger partial charge in [-0.05, 0) is 23.8 Å². The molecule has 4 rings (SSSR count). The lowest BCUT2D eigenvalue weighted by atomic mass is 10.1. The van der Waals surface area contributed by atoms with Gasteiger partial charge in [0, 0.05) is 37.3 Å². The van der Waals surface area contributed by atoms with Crippen molar-refractivity contribution in [3.8, 4) is 17.0 Å². The number of urea groups is 1. The van der Waals surface area contributed by atoms with Crippen LogP contribution in [0.5, 0.6) is 5.75 Å². The fraction of sp³-hybridized carbons (Fsp3) is 0.238. The third-order valence-electron chi connectivity index (χ3n) is 4.94. The Morgan fingerprint density at radius 2 is 1.86 bits per heavy atom. The second-order valence-electron chi connectivity index (χ2n) is 6.75. The van der Waals surface area contributed by atoms with Gasteiger partial charge in [-0.25, -0.2) is 4.79 Å². The van der Waals surface area contributed by atoms with Crippen molar-refractivity contribution in [1.82, 2.24) is 15.1 Å². The van der Waals surface area contributed by atoms with Gasteiger partial charge in [0.1, 0.15) is 5.75 Å². The average molecular weight is 412 g/mol. The van der Waals surface area contributed by atoms with Crippen LogP contribution in [0.4, 0.5) is 16.3 Å². The number of halogens is 1. The SMILES string of the molecule is COc1ccc(Cl)cc1NC(=O)N1CCN(c2cc(-c3ccccc3)[nH]n2)CC1. The third-order valence-corrected chi connectivity index (χ3v) is 5.18. The van der Waals surface area contributed by atoms with E-state index in [4.69, 9.17) is 16.3 Å². The molecule has 29 heavy (non-hydrogen) atoms. The molecule has 150 valence electrons. The molecule has 2 amide bonds. The van der Waals surface area contributed by atoms with E-state index in [9.17, 15) is 4.79 Å². The van der Waals surface area contributed by atoms with E-state index in [1.54, 1.807) is 30.2 Å². The number of methoxy groups -OCH3 is 1. The number of amides is 2. The summed E-state index contributed by atoms with van der Waals surface area (Å²) in [5.41, 5.74) is 2.64. The Balaban J connectivity index is 1.37. The molecule has 0 bridgehead atoms. The number of hydrogen-bond donors (Lipinski definition) is 2. The van der Waals surface area contributed by atoms with Gasteiger partial charge in [0.2, 0.25) is 0 Å². The molecule has 1 aliphatic rings. The van der Waals surface area contributed by atoms with E-state index in [1.807, 2.05) is 36.4 Å². The number of H-pyrrole nitrogens is 1. The summed E-state index contributed by atoms with van der Waals surface area (Å²) in [5.74, 6) is 1.46. The lowest BCUT2D eigenvalue weighted by Gasteiger charge is -2.34. The molecule has 1 aliphatic heterocycles. The van der Waals surface area contributed by atoms with Crippen LogP contribution in [0, 0.1) is 0 Å². The molecule has 2 aromatic carbocycles. The standard InChI is InChI=1S/C21H22ClN5O2/c1-29-19-8-7-16(22)13-18(19)23-21(28)27-11-9-26(10-12-27)20-14-17(24-25-20)15-5-3-2-4-6-15/h2-8,13-14H,9-12H2,1H3,(H,23,28)(H,24,25). The van der Waals surface area contributed by atoms with E-state index >= 15 is 0 Å². The number of carbonyl (C=O) groups is 1. The molecule has 1 aromatic heterocycles. The van der Waals surface area contributed by atoms with Crippen LogP contribution >= 0.6 is 11.6 Å². The highest BCUT2D eigenvalue weighted by atomic mass is 35.5. The average Bonchev–Trinajstić information content (AvgIpc) is 3.25. The number of aromatic nitrogens is 2. The van der Waals surface area contributed by atoms with Crippen molar-refractivity contribution in [2.24, 2.45) is 0 Å². The van der Waals surface area contributed by atoms with Crippen LogP contribution in [0.2, 0.25) is 5.02 Å². The lowest BCUT2D eigenvalue weighted by Crippen LogP contribution is -2.50. The van der Waals surface area contributed by atoms with Crippen molar-refractivity contribution in [2.75, 3.05) is 43.5 Å². The maximum Gasteiger partial charge on any atom is 0.322 e. The quantitative estimate of drug-likeness (QED) is 0.678. The molecule has 0 spiro atoms. The number of anilines is 2. The molecule has 8 heteroatoms. The number of nitrogens with one attached hydrogen (secondary N) is 2. The van der Waals surface area contributed by atoms with Gasteiger partial charge in [-0.1, -0.05) is 41.9 Å². The zero-order chi connectivity index (χ0) is 20.2. The number of hydrogen-bond acceptors (Lipinski definition) is 4. The Hall–Kier alpha value is -3.19. The normalized spacial score (nSPS) is 14.0. The van der Waals surface area contributed by atoms with Crippen molar-refractivity contribution in [2.45, 2.75) is 0 Å². The fourth-order valence-corrected chi connectivity index (χ4v) is 3.52. The third kappa shape index (κ3) is 4.30. The Labute approximate surface area is 174 Å².